The van der Waals surface area contributed by atoms with Gasteiger partial charge in [-0.05, 0) is 38.4 Å². The maximum Gasteiger partial charge on any atom is 0.226 e. The van der Waals surface area contributed by atoms with Crippen LogP contribution in [0.25, 0.3) is 0 Å². The van der Waals surface area contributed by atoms with E-state index >= 15 is 0 Å². The van der Waals surface area contributed by atoms with Gasteiger partial charge in [0.15, 0.2) is 0 Å². The van der Waals surface area contributed by atoms with Gasteiger partial charge in [0.2, 0.25) is 5.91 Å². The monoisotopic (exact) mass is 294 g/mol. The van der Waals surface area contributed by atoms with Crippen molar-refractivity contribution in [3.05, 3.63) is 35.4 Å². The van der Waals surface area contributed by atoms with E-state index in [1.807, 2.05) is 11.9 Å². The number of halogens is 2. The Morgan fingerprint density at radius 3 is 2.76 bits per heavy atom. The molecule has 1 aromatic rings. The maximum absolute atomic E-state index is 13.8. The third-order valence-corrected chi connectivity index (χ3v) is 4.58. The van der Waals surface area contributed by atoms with Crippen molar-refractivity contribution in [2.24, 2.45) is 5.92 Å². The van der Waals surface area contributed by atoms with E-state index in [0.717, 1.165) is 25.9 Å². The predicted octanol–water partition coefficient (Wildman–Crippen LogP) is 2.28. The predicted molar refractivity (Wildman–Crippen MR) is 75.9 cm³/mol. The van der Waals surface area contributed by atoms with Crippen LogP contribution >= 0.6 is 0 Å². The number of carbonyl (C=O) groups excluding carboxylic acids is 1. The molecule has 1 N–H and O–H groups in total. The number of rotatable bonds is 4. The molecular weight excluding hydrogens is 274 g/mol. The van der Waals surface area contributed by atoms with Crippen molar-refractivity contribution in [2.45, 2.75) is 31.2 Å². The van der Waals surface area contributed by atoms with Gasteiger partial charge < -0.3 is 10.2 Å². The summed E-state index contributed by atoms with van der Waals surface area (Å²) in [5.41, 5.74) is 0.0835. The molecule has 0 spiro atoms. The van der Waals surface area contributed by atoms with E-state index in [-0.39, 0.29) is 29.3 Å². The summed E-state index contributed by atoms with van der Waals surface area (Å²) in [6, 6.07) is 4.10. The number of benzene rings is 1. The maximum atomic E-state index is 13.8. The van der Waals surface area contributed by atoms with Crippen LogP contribution in [0.4, 0.5) is 8.78 Å². The summed E-state index contributed by atoms with van der Waals surface area (Å²) in [5.74, 6) is -1.57. The van der Waals surface area contributed by atoms with E-state index in [1.165, 1.54) is 18.2 Å². The van der Waals surface area contributed by atoms with Crippen LogP contribution in [0, 0.1) is 17.6 Å². The first-order valence-electron chi connectivity index (χ1n) is 7.52. The molecule has 3 rings (SSSR count). The molecule has 1 aliphatic carbocycles. The summed E-state index contributed by atoms with van der Waals surface area (Å²) in [5, 5.41) is 3.10. The molecular formula is C16H20F2N2O. The fourth-order valence-electron chi connectivity index (χ4n) is 3.44. The SMILES string of the molecule is CNCC1CCCN1C(=O)C1CC1c1c(F)cccc1F. The van der Waals surface area contributed by atoms with Gasteiger partial charge in [0.25, 0.3) is 0 Å². The van der Waals surface area contributed by atoms with E-state index < -0.39 is 11.6 Å². The highest BCUT2D eigenvalue weighted by atomic mass is 19.1. The van der Waals surface area contributed by atoms with E-state index in [0.29, 0.717) is 6.42 Å². The minimum Gasteiger partial charge on any atom is -0.338 e. The number of nitrogens with one attached hydrogen (secondary N) is 1. The Morgan fingerprint density at radius 1 is 1.38 bits per heavy atom. The molecule has 0 aromatic heterocycles. The highest BCUT2D eigenvalue weighted by Crippen LogP contribution is 2.50. The third kappa shape index (κ3) is 2.67. The van der Waals surface area contributed by atoms with Crippen molar-refractivity contribution in [3.63, 3.8) is 0 Å². The standard InChI is InChI=1S/C16H20F2N2O/c1-19-9-10-4-3-7-20(10)16(21)12-8-11(12)15-13(17)5-2-6-14(15)18/h2,5-6,10-12,19H,3-4,7-9H2,1H3. The molecule has 2 fully saturated rings. The summed E-state index contributed by atoms with van der Waals surface area (Å²) in [6.45, 7) is 1.53. The Bertz CT molecular complexity index is 529. The highest BCUT2D eigenvalue weighted by Gasteiger charge is 2.49. The van der Waals surface area contributed by atoms with Crippen molar-refractivity contribution in [2.75, 3.05) is 20.1 Å². The van der Waals surface area contributed by atoms with Gasteiger partial charge in [-0.3, -0.25) is 4.79 Å². The molecule has 1 aliphatic heterocycles. The summed E-state index contributed by atoms with van der Waals surface area (Å²) in [6.07, 6.45) is 2.56. The van der Waals surface area contributed by atoms with Gasteiger partial charge in [-0.15, -0.1) is 0 Å². The van der Waals surface area contributed by atoms with Crippen LogP contribution in [0.3, 0.4) is 0 Å². The lowest BCUT2D eigenvalue weighted by Gasteiger charge is -2.24. The highest BCUT2D eigenvalue weighted by molar-refractivity contribution is 5.83. The fourth-order valence-corrected chi connectivity index (χ4v) is 3.44. The van der Waals surface area contributed by atoms with Crippen LogP contribution in [-0.2, 0) is 4.79 Å². The molecule has 114 valence electrons. The van der Waals surface area contributed by atoms with E-state index in [2.05, 4.69) is 5.32 Å². The number of likely N-dealkylation sites (tertiary alicyclic amines) is 1. The molecule has 0 bridgehead atoms. The second-order valence-corrected chi connectivity index (χ2v) is 5.97. The first-order valence-corrected chi connectivity index (χ1v) is 7.52. The van der Waals surface area contributed by atoms with Crippen molar-refractivity contribution in [3.8, 4) is 0 Å². The fraction of sp³-hybridized carbons (Fsp3) is 0.562. The number of carbonyl (C=O) groups is 1. The Hall–Kier alpha value is -1.49. The molecule has 5 heteroatoms. The second-order valence-electron chi connectivity index (χ2n) is 5.97. The van der Waals surface area contributed by atoms with E-state index in [1.54, 1.807) is 0 Å². The minimum atomic E-state index is -0.538. The lowest BCUT2D eigenvalue weighted by molar-refractivity contribution is -0.133. The van der Waals surface area contributed by atoms with E-state index in [4.69, 9.17) is 0 Å². The van der Waals surface area contributed by atoms with Crippen molar-refractivity contribution >= 4 is 5.91 Å². The number of nitrogens with zero attached hydrogens (tertiary/aromatic N) is 1. The average molecular weight is 294 g/mol. The number of hydrogen-bond acceptors (Lipinski definition) is 2. The van der Waals surface area contributed by atoms with Gasteiger partial charge in [-0.25, -0.2) is 8.78 Å². The first kappa shape index (κ1) is 14.4. The van der Waals surface area contributed by atoms with Crippen LogP contribution in [0.2, 0.25) is 0 Å². The summed E-state index contributed by atoms with van der Waals surface area (Å²) in [7, 11) is 1.87. The zero-order chi connectivity index (χ0) is 15.0. The molecule has 1 heterocycles. The topological polar surface area (TPSA) is 32.3 Å². The molecule has 1 aromatic carbocycles. The smallest absolute Gasteiger partial charge is 0.226 e. The molecule has 2 aliphatic rings. The van der Waals surface area contributed by atoms with Gasteiger partial charge in [-0.2, -0.15) is 0 Å². The Kier molecular flexibility index (Phi) is 3.93. The van der Waals surface area contributed by atoms with Gasteiger partial charge in [-0.1, -0.05) is 6.07 Å². The van der Waals surface area contributed by atoms with Crippen LogP contribution in [0.15, 0.2) is 18.2 Å². The average Bonchev–Trinajstić information content (AvgIpc) is 3.09. The van der Waals surface area contributed by atoms with Crippen LogP contribution < -0.4 is 5.32 Å². The number of hydrogen-bond donors (Lipinski definition) is 1. The van der Waals surface area contributed by atoms with Gasteiger partial charge in [0, 0.05) is 36.5 Å². The largest absolute Gasteiger partial charge is 0.338 e. The molecule has 3 atom stereocenters. The van der Waals surface area contributed by atoms with Crippen molar-refractivity contribution in [1.29, 1.82) is 0 Å². The van der Waals surface area contributed by atoms with Gasteiger partial charge in [0.05, 0.1) is 0 Å². The van der Waals surface area contributed by atoms with Crippen LogP contribution in [0.5, 0.6) is 0 Å². The zero-order valence-electron chi connectivity index (χ0n) is 12.1. The van der Waals surface area contributed by atoms with Crippen LogP contribution in [0.1, 0.15) is 30.7 Å². The lowest BCUT2D eigenvalue weighted by Crippen LogP contribution is -2.41. The number of likely N-dealkylation sites (N-methyl/N-ethyl adjacent to an activating group) is 1. The van der Waals surface area contributed by atoms with Crippen LogP contribution in [-0.4, -0.2) is 37.0 Å². The molecule has 0 radical (unpaired) electrons. The van der Waals surface area contributed by atoms with Gasteiger partial charge >= 0.3 is 0 Å². The van der Waals surface area contributed by atoms with Crippen molar-refractivity contribution < 1.29 is 13.6 Å². The van der Waals surface area contributed by atoms with Crippen molar-refractivity contribution in [1.82, 2.24) is 10.2 Å². The second kappa shape index (κ2) is 5.72. The quantitative estimate of drug-likeness (QED) is 0.924. The Morgan fingerprint density at radius 2 is 2.10 bits per heavy atom. The molecule has 21 heavy (non-hydrogen) atoms. The first-order chi connectivity index (χ1) is 10.1. The number of amides is 1. The molecule has 1 saturated heterocycles. The molecule has 1 saturated carbocycles. The van der Waals surface area contributed by atoms with Gasteiger partial charge in [0.1, 0.15) is 11.6 Å². The zero-order valence-corrected chi connectivity index (χ0v) is 12.1. The summed E-state index contributed by atoms with van der Waals surface area (Å²) in [4.78, 5) is 14.4. The third-order valence-electron chi connectivity index (χ3n) is 4.58. The normalized spacial score (nSPS) is 28.0. The summed E-state index contributed by atoms with van der Waals surface area (Å²) >= 11 is 0. The minimum absolute atomic E-state index is 0.0559. The lowest BCUT2D eigenvalue weighted by atomic mass is 10.1. The summed E-state index contributed by atoms with van der Waals surface area (Å²) < 4.78 is 27.6. The molecule has 3 unspecified atom stereocenters. The Balaban J connectivity index is 1.71. The molecule has 1 amide bonds. The van der Waals surface area contributed by atoms with E-state index in [9.17, 15) is 13.6 Å². The Labute approximate surface area is 123 Å². The molecule has 3 nitrogen and oxygen atoms in total.